The Balaban J connectivity index is 1.25. The fourth-order valence-corrected chi connectivity index (χ4v) is 6.10. The number of fused-ring (bicyclic) bond motifs is 4. The number of halogens is 3. The molecule has 0 aromatic heterocycles. The zero-order valence-electron chi connectivity index (χ0n) is 18.3. The lowest BCUT2D eigenvalue weighted by atomic mass is 9.71. The van der Waals surface area contributed by atoms with Crippen LogP contribution < -0.4 is 4.74 Å². The molecule has 2 aromatic carbocycles. The maximum Gasteiger partial charge on any atom is 0.201 e. The number of rotatable bonds is 5. The van der Waals surface area contributed by atoms with Gasteiger partial charge in [0.15, 0.2) is 11.6 Å². The van der Waals surface area contributed by atoms with E-state index in [-0.39, 0.29) is 16.9 Å². The van der Waals surface area contributed by atoms with Crippen molar-refractivity contribution in [1.29, 1.82) is 0 Å². The lowest BCUT2D eigenvalue weighted by molar-refractivity contribution is 0.133. The molecule has 3 aliphatic rings. The Morgan fingerprint density at radius 2 is 1.45 bits per heavy atom. The van der Waals surface area contributed by atoms with Gasteiger partial charge in [0.25, 0.3) is 0 Å². The first-order valence-electron chi connectivity index (χ1n) is 12.0. The van der Waals surface area contributed by atoms with E-state index < -0.39 is 17.5 Å². The summed E-state index contributed by atoms with van der Waals surface area (Å²) in [7, 11) is 0. The van der Waals surface area contributed by atoms with Gasteiger partial charge in [-0.25, -0.2) is 8.78 Å². The maximum absolute atomic E-state index is 14.8. The first-order valence-corrected chi connectivity index (χ1v) is 12.0. The average molecular weight is 429 g/mol. The molecule has 2 saturated carbocycles. The molecule has 2 aromatic rings. The lowest BCUT2D eigenvalue weighted by Gasteiger charge is -2.35. The predicted molar refractivity (Wildman–Crippen MR) is 118 cm³/mol. The molecule has 0 unspecified atom stereocenters. The number of hydrogen-bond acceptors (Lipinski definition) is 1. The molecule has 31 heavy (non-hydrogen) atoms. The standard InChI is InChI=1S/C27H31F3O/c1-2-17-12-13-20-21-14-22(26(29)27(30)24(21)23(20)25(17)28)31-15-16-8-10-19(11-9-16)18-6-4-3-5-7-18/h12-14,16,18-19H,2-11,15H2,1H3. The largest absolute Gasteiger partial charge is 0.490 e. The predicted octanol–water partition coefficient (Wildman–Crippen LogP) is 8.08. The van der Waals surface area contributed by atoms with Crippen molar-refractivity contribution in [1.82, 2.24) is 0 Å². The highest BCUT2D eigenvalue weighted by Crippen LogP contribution is 2.53. The molecule has 0 heterocycles. The molecule has 2 fully saturated rings. The molecule has 166 valence electrons. The van der Waals surface area contributed by atoms with Gasteiger partial charge in [-0.3, -0.25) is 0 Å². The molecule has 0 amide bonds. The van der Waals surface area contributed by atoms with Crippen molar-refractivity contribution in [3.05, 3.63) is 41.2 Å². The van der Waals surface area contributed by atoms with Crippen LogP contribution in [0.1, 0.15) is 70.3 Å². The second kappa shape index (κ2) is 8.52. The summed E-state index contributed by atoms with van der Waals surface area (Å²) < 4.78 is 50.0. The molecule has 5 rings (SSSR count). The van der Waals surface area contributed by atoms with Crippen LogP contribution in [0.2, 0.25) is 0 Å². The number of benzene rings is 2. The molecule has 0 saturated heterocycles. The summed E-state index contributed by atoms with van der Waals surface area (Å²) in [6.45, 7) is 2.27. The van der Waals surface area contributed by atoms with E-state index in [1.54, 1.807) is 18.2 Å². The third kappa shape index (κ3) is 3.66. The van der Waals surface area contributed by atoms with Gasteiger partial charge in [0.1, 0.15) is 5.82 Å². The number of aryl methyl sites for hydroxylation is 1. The second-order valence-electron chi connectivity index (χ2n) is 9.73. The number of hydrogen-bond donors (Lipinski definition) is 0. The highest BCUT2D eigenvalue weighted by molar-refractivity contribution is 6.03. The van der Waals surface area contributed by atoms with Gasteiger partial charge in [-0.2, -0.15) is 4.39 Å². The van der Waals surface area contributed by atoms with E-state index in [4.69, 9.17) is 4.74 Å². The van der Waals surface area contributed by atoms with Crippen molar-refractivity contribution < 1.29 is 17.9 Å². The summed E-state index contributed by atoms with van der Waals surface area (Å²) in [5.41, 5.74) is 1.97. The van der Waals surface area contributed by atoms with Crippen molar-refractivity contribution in [3.63, 3.8) is 0 Å². The van der Waals surface area contributed by atoms with Crippen molar-refractivity contribution in [3.8, 4) is 28.0 Å². The van der Waals surface area contributed by atoms with E-state index in [1.165, 1.54) is 44.9 Å². The highest BCUT2D eigenvalue weighted by atomic mass is 19.2. The first-order chi connectivity index (χ1) is 15.1. The Hall–Kier alpha value is -1.97. The van der Waals surface area contributed by atoms with Crippen LogP contribution in [0.25, 0.3) is 22.3 Å². The summed E-state index contributed by atoms with van der Waals surface area (Å²) >= 11 is 0. The van der Waals surface area contributed by atoms with E-state index in [0.717, 1.165) is 24.7 Å². The molecule has 0 radical (unpaired) electrons. The monoisotopic (exact) mass is 428 g/mol. The maximum atomic E-state index is 14.8. The third-order valence-corrected chi connectivity index (χ3v) is 8.00. The van der Waals surface area contributed by atoms with Crippen molar-refractivity contribution in [2.75, 3.05) is 6.61 Å². The van der Waals surface area contributed by atoms with Crippen LogP contribution in [0.4, 0.5) is 13.2 Å². The normalized spacial score (nSPS) is 23.1. The second-order valence-corrected chi connectivity index (χ2v) is 9.73. The average Bonchev–Trinajstić information content (AvgIpc) is 2.79. The Morgan fingerprint density at radius 1 is 0.774 bits per heavy atom. The molecule has 1 nitrogen and oxygen atoms in total. The van der Waals surface area contributed by atoms with E-state index in [9.17, 15) is 13.2 Å². The van der Waals surface area contributed by atoms with Gasteiger partial charge in [-0.15, -0.1) is 0 Å². The van der Waals surface area contributed by atoms with Gasteiger partial charge in [-0.05, 0) is 72.6 Å². The van der Waals surface area contributed by atoms with Gasteiger partial charge in [0.05, 0.1) is 6.61 Å². The summed E-state index contributed by atoms with van der Waals surface area (Å²) in [6.07, 6.45) is 12.1. The molecule has 3 aliphatic carbocycles. The number of ether oxygens (including phenoxy) is 1. The summed E-state index contributed by atoms with van der Waals surface area (Å²) in [5.74, 6) is -0.351. The lowest BCUT2D eigenvalue weighted by Crippen LogP contribution is -2.26. The molecule has 0 spiro atoms. The van der Waals surface area contributed by atoms with Gasteiger partial charge < -0.3 is 4.74 Å². The van der Waals surface area contributed by atoms with Crippen LogP contribution in [0.3, 0.4) is 0 Å². The van der Waals surface area contributed by atoms with Gasteiger partial charge in [0, 0.05) is 11.1 Å². The van der Waals surface area contributed by atoms with E-state index >= 15 is 0 Å². The van der Waals surface area contributed by atoms with Crippen LogP contribution in [-0.2, 0) is 6.42 Å². The van der Waals surface area contributed by atoms with E-state index in [2.05, 4.69) is 0 Å². The van der Waals surface area contributed by atoms with E-state index in [1.807, 2.05) is 6.92 Å². The van der Waals surface area contributed by atoms with Crippen LogP contribution in [0, 0.1) is 35.2 Å². The molecule has 0 bridgehead atoms. The zero-order valence-corrected chi connectivity index (χ0v) is 18.3. The molecule has 0 atom stereocenters. The minimum Gasteiger partial charge on any atom is -0.490 e. The fraction of sp³-hybridized carbons (Fsp3) is 0.556. The third-order valence-electron chi connectivity index (χ3n) is 8.00. The van der Waals surface area contributed by atoms with Crippen LogP contribution in [0.15, 0.2) is 18.2 Å². The molecule has 0 N–H and O–H groups in total. The minimum atomic E-state index is -0.999. The summed E-state index contributed by atoms with van der Waals surface area (Å²) in [6, 6.07) is 5.08. The van der Waals surface area contributed by atoms with Gasteiger partial charge >= 0.3 is 0 Å². The summed E-state index contributed by atoms with van der Waals surface area (Å²) in [5, 5.41) is 0. The Kier molecular flexibility index (Phi) is 5.75. The van der Waals surface area contributed by atoms with Gasteiger partial charge in [0.2, 0.25) is 5.82 Å². The molecular formula is C27H31F3O. The van der Waals surface area contributed by atoms with Crippen molar-refractivity contribution in [2.45, 2.75) is 71.1 Å². The van der Waals surface area contributed by atoms with Crippen LogP contribution in [0.5, 0.6) is 5.75 Å². The van der Waals surface area contributed by atoms with Gasteiger partial charge in [-0.1, -0.05) is 51.2 Å². The Morgan fingerprint density at radius 3 is 2.16 bits per heavy atom. The Bertz CT molecular complexity index is 969. The Labute approximate surface area is 183 Å². The highest BCUT2D eigenvalue weighted by Gasteiger charge is 2.34. The molecular weight excluding hydrogens is 397 g/mol. The summed E-state index contributed by atoms with van der Waals surface area (Å²) in [4.78, 5) is 0. The molecule has 0 aliphatic heterocycles. The fourth-order valence-electron chi connectivity index (χ4n) is 6.10. The smallest absolute Gasteiger partial charge is 0.201 e. The van der Waals surface area contributed by atoms with E-state index in [0.29, 0.717) is 35.6 Å². The quantitative estimate of drug-likeness (QED) is 0.399. The molecule has 4 heteroatoms. The van der Waals surface area contributed by atoms with Crippen molar-refractivity contribution in [2.24, 2.45) is 17.8 Å². The van der Waals surface area contributed by atoms with Crippen LogP contribution >= 0.6 is 0 Å². The first kappa shape index (κ1) is 20.9. The van der Waals surface area contributed by atoms with Crippen LogP contribution in [-0.4, -0.2) is 6.61 Å². The topological polar surface area (TPSA) is 9.23 Å². The minimum absolute atomic E-state index is 0.0451. The SMILES string of the molecule is CCc1ccc2c(c1F)-c1c-2cc(OCC2CCC(C3CCCCC3)CC2)c(F)c1F. The van der Waals surface area contributed by atoms with Crippen molar-refractivity contribution >= 4 is 0 Å². The zero-order chi connectivity index (χ0) is 21.5.